The summed E-state index contributed by atoms with van der Waals surface area (Å²) < 4.78 is 0. The van der Waals surface area contributed by atoms with Crippen molar-refractivity contribution in [2.45, 2.75) is 0 Å². The Labute approximate surface area is 93.0 Å². The molecular weight excluding hydrogens is 204 g/mol. The molecule has 0 bridgehead atoms. The molecule has 6 nitrogen and oxygen atoms in total. The average Bonchev–Trinajstić information content (AvgIpc) is 2.29. The lowest BCUT2D eigenvalue weighted by molar-refractivity contribution is 1.05. The van der Waals surface area contributed by atoms with Gasteiger partial charge in [-0.25, -0.2) is 9.97 Å². The van der Waals surface area contributed by atoms with Crippen molar-refractivity contribution in [3.63, 3.8) is 0 Å². The number of anilines is 4. The van der Waals surface area contributed by atoms with E-state index in [0.29, 0.717) is 17.6 Å². The van der Waals surface area contributed by atoms with E-state index in [9.17, 15) is 0 Å². The minimum absolute atomic E-state index is 0.477. The third-order valence-corrected chi connectivity index (χ3v) is 1.94. The van der Waals surface area contributed by atoms with Crippen LogP contribution >= 0.6 is 0 Å². The highest BCUT2D eigenvalue weighted by Gasteiger charge is 1.99. The van der Waals surface area contributed by atoms with Crippen LogP contribution in [0.2, 0.25) is 0 Å². The van der Waals surface area contributed by atoms with Crippen molar-refractivity contribution < 1.29 is 0 Å². The van der Waals surface area contributed by atoms with Crippen molar-refractivity contribution in [1.29, 1.82) is 0 Å². The molecule has 0 aliphatic heterocycles. The van der Waals surface area contributed by atoms with Crippen LogP contribution in [0, 0.1) is 0 Å². The molecule has 82 valence electrons. The van der Waals surface area contributed by atoms with Gasteiger partial charge in [-0.1, -0.05) is 6.07 Å². The molecule has 0 spiro atoms. The number of benzene rings is 1. The summed E-state index contributed by atoms with van der Waals surface area (Å²) in [5, 5.41) is 5.87. The van der Waals surface area contributed by atoms with Crippen LogP contribution in [-0.2, 0) is 0 Å². The van der Waals surface area contributed by atoms with Crippen molar-refractivity contribution in [3.05, 3.63) is 30.6 Å². The summed E-state index contributed by atoms with van der Waals surface area (Å²) in [4.78, 5) is 12.0. The zero-order chi connectivity index (χ0) is 11.4. The fraction of sp³-hybridized carbons (Fsp3) is 0.100. The van der Waals surface area contributed by atoms with Gasteiger partial charge >= 0.3 is 0 Å². The zero-order valence-electron chi connectivity index (χ0n) is 8.81. The van der Waals surface area contributed by atoms with Crippen LogP contribution in [0.5, 0.6) is 0 Å². The Hall–Kier alpha value is -2.37. The minimum atomic E-state index is 0.477. The molecule has 2 rings (SSSR count). The quantitative estimate of drug-likeness (QED) is 0.669. The molecule has 0 radical (unpaired) electrons. The van der Waals surface area contributed by atoms with Gasteiger partial charge in [-0.2, -0.15) is 4.98 Å². The second-order valence-electron chi connectivity index (χ2n) is 3.13. The van der Waals surface area contributed by atoms with E-state index in [1.807, 2.05) is 24.3 Å². The van der Waals surface area contributed by atoms with E-state index < -0.39 is 0 Å². The standard InChI is InChI=1S/C10H12N6/c1-12-9-13-6-14-10(16-9)15-8-4-2-3-7(11)5-8/h2-6H,11H2,1H3,(H2,12,13,14,15,16). The average molecular weight is 216 g/mol. The van der Waals surface area contributed by atoms with Crippen LogP contribution < -0.4 is 16.4 Å². The predicted molar refractivity (Wildman–Crippen MR) is 63.5 cm³/mol. The Balaban J connectivity index is 2.20. The Morgan fingerprint density at radius 1 is 1.19 bits per heavy atom. The first kappa shape index (κ1) is 10.2. The van der Waals surface area contributed by atoms with Crippen LogP contribution in [0.15, 0.2) is 30.6 Å². The summed E-state index contributed by atoms with van der Waals surface area (Å²) in [5.41, 5.74) is 7.19. The zero-order valence-corrected chi connectivity index (χ0v) is 8.81. The lowest BCUT2D eigenvalue weighted by atomic mass is 10.3. The minimum Gasteiger partial charge on any atom is -0.399 e. The Morgan fingerprint density at radius 2 is 2.00 bits per heavy atom. The summed E-state index contributed by atoms with van der Waals surface area (Å²) in [6, 6.07) is 7.37. The maximum absolute atomic E-state index is 5.66. The van der Waals surface area contributed by atoms with E-state index in [-0.39, 0.29) is 0 Å². The summed E-state index contributed by atoms with van der Waals surface area (Å²) in [6.45, 7) is 0. The lowest BCUT2D eigenvalue weighted by Gasteiger charge is -2.05. The number of nitrogens with zero attached hydrogens (tertiary/aromatic N) is 3. The molecule has 1 aromatic heterocycles. The highest BCUT2D eigenvalue weighted by Crippen LogP contribution is 2.15. The van der Waals surface area contributed by atoms with Gasteiger partial charge in [0.2, 0.25) is 11.9 Å². The first-order valence-electron chi connectivity index (χ1n) is 4.77. The van der Waals surface area contributed by atoms with Crippen LogP contribution in [0.25, 0.3) is 0 Å². The molecule has 4 N–H and O–H groups in total. The maximum atomic E-state index is 5.66. The van der Waals surface area contributed by atoms with Gasteiger partial charge in [0.1, 0.15) is 6.33 Å². The monoisotopic (exact) mass is 216 g/mol. The Kier molecular flexibility index (Phi) is 2.81. The number of hydrogen-bond donors (Lipinski definition) is 3. The molecule has 1 aromatic carbocycles. The summed E-state index contributed by atoms with van der Waals surface area (Å²) in [6.07, 6.45) is 1.44. The molecule has 0 fully saturated rings. The highest BCUT2D eigenvalue weighted by molar-refractivity contribution is 5.59. The van der Waals surface area contributed by atoms with Gasteiger partial charge < -0.3 is 16.4 Å². The second-order valence-corrected chi connectivity index (χ2v) is 3.13. The van der Waals surface area contributed by atoms with E-state index in [1.165, 1.54) is 6.33 Å². The fourth-order valence-corrected chi connectivity index (χ4v) is 1.22. The second kappa shape index (κ2) is 4.43. The van der Waals surface area contributed by atoms with E-state index in [4.69, 9.17) is 5.73 Å². The largest absolute Gasteiger partial charge is 0.399 e. The van der Waals surface area contributed by atoms with Gasteiger partial charge in [-0.05, 0) is 18.2 Å². The molecule has 0 aliphatic rings. The number of rotatable bonds is 3. The number of nitrogen functional groups attached to an aromatic ring is 1. The third-order valence-electron chi connectivity index (χ3n) is 1.94. The molecule has 6 heteroatoms. The first-order valence-corrected chi connectivity index (χ1v) is 4.77. The molecular formula is C10H12N6. The number of nitrogens with one attached hydrogen (secondary N) is 2. The molecule has 1 heterocycles. The molecule has 0 saturated heterocycles. The number of hydrogen-bond acceptors (Lipinski definition) is 6. The Morgan fingerprint density at radius 3 is 2.75 bits per heavy atom. The highest BCUT2D eigenvalue weighted by atomic mass is 15.2. The van der Waals surface area contributed by atoms with Gasteiger partial charge in [-0.3, -0.25) is 0 Å². The van der Waals surface area contributed by atoms with Gasteiger partial charge in [0.25, 0.3) is 0 Å². The van der Waals surface area contributed by atoms with Crippen LogP contribution in [0.3, 0.4) is 0 Å². The molecule has 0 aliphatic carbocycles. The molecule has 2 aromatic rings. The molecule has 0 saturated carbocycles. The van der Waals surface area contributed by atoms with Gasteiger partial charge in [0.05, 0.1) is 0 Å². The van der Waals surface area contributed by atoms with Crippen molar-refractivity contribution in [1.82, 2.24) is 15.0 Å². The Bertz CT molecular complexity index is 484. The van der Waals surface area contributed by atoms with Gasteiger partial charge in [-0.15, -0.1) is 0 Å². The van der Waals surface area contributed by atoms with Crippen molar-refractivity contribution in [3.8, 4) is 0 Å². The smallest absolute Gasteiger partial charge is 0.231 e. The molecule has 0 atom stereocenters. The third kappa shape index (κ3) is 2.35. The summed E-state index contributed by atoms with van der Waals surface area (Å²) in [7, 11) is 1.75. The normalized spacial score (nSPS) is 9.81. The van der Waals surface area contributed by atoms with Crippen molar-refractivity contribution in [2.24, 2.45) is 0 Å². The number of aromatic nitrogens is 3. The molecule has 0 unspecified atom stereocenters. The van der Waals surface area contributed by atoms with E-state index in [2.05, 4.69) is 25.6 Å². The van der Waals surface area contributed by atoms with Gasteiger partial charge in [0.15, 0.2) is 0 Å². The first-order chi connectivity index (χ1) is 7.78. The maximum Gasteiger partial charge on any atom is 0.231 e. The van der Waals surface area contributed by atoms with E-state index in [0.717, 1.165) is 5.69 Å². The number of nitrogens with two attached hydrogens (primary N) is 1. The fourth-order valence-electron chi connectivity index (χ4n) is 1.22. The lowest BCUT2D eigenvalue weighted by Crippen LogP contribution is -2.02. The molecule has 16 heavy (non-hydrogen) atoms. The molecule has 0 amide bonds. The van der Waals surface area contributed by atoms with E-state index in [1.54, 1.807) is 7.05 Å². The predicted octanol–water partition coefficient (Wildman–Crippen LogP) is 1.24. The van der Waals surface area contributed by atoms with Crippen LogP contribution in [0.1, 0.15) is 0 Å². The topological polar surface area (TPSA) is 88.8 Å². The van der Waals surface area contributed by atoms with Crippen molar-refractivity contribution in [2.75, 3.05) is 23.4 Å². The van der Waals surface area contributed by atoms with Crippen LogP contribution in [0.4, 0.5) is 23.3 Å². The van der Waals surface area contributed by atoms with Crippen LogP contribution in [-0.4, -0.2) is 22.0 Å². The van der Waals surface area contributed by atoms with Gasteiger partial charge in [0, 0.05) is 18.4 Å². The SMILES string of the molecule is CNc1ncnc(Nc2cccc(N)c2)n1. The summed E-state index contributed by atoms with van der Waals surface area (Å²) in [5.74, 6) is 0.992. The van der Waals surface area contributed by atoms with E-state index >= 15 is 0 Å². The van der Waals surface area contributed by atoms with Crippen molar-refractivity contribution >= 4 is 23.3 Å². The summed E-state index contributed by atoms with van der Waals surface area (Å²) >= 11 is 0.